The summed E-state index contributed by atoms with van der Waals surface area (Å²) >= 11 is 0. The summed E-state index contributed by atoms with van der Waals surface area (Å²) in [5, 5.41) is 4.03. The van der Waals surface area contributed by atoms with Crippen LogP contribution in [0.15, 0.2) is 84.0 Å². The molecule has 0 saturated heterocycles. The third-order valence-corrected chi connectivity index (χ3v) is 3.65. The monoisotopic (exact) mass is 360 g/mol. The Bertz CT molecular complexity index is 924. The van der Waals surface area contributed by atoms with Crippen molar-refractivity contribution in [3.8, 4) is 17.2 Å². The smallest absolute Gasteiger partial charge is 0.275 e. The first-order valence-electron chi connectivity index (χ1n) is 8.64. The van der Waals surface area contributed by atoms with Crippen LogP contribution in [0.2, 0.25) is 0 Å². The Balaban J connectivity index is 1.65. The summed E-state index contributed by atoms with van der Waals surface area (Å²) < 4.78 is 11.3. The highest BCUT2D eigenvalue weighted by atomic mass is 16.5. The van der Waals surface area contributed by atoms with Crippen molar-refractivity contribution >= 4 is 12.1 Å². The van der Waals surface area contributed by atoms with E-state index in [4.69, 9.17) is 9.47 Å². The standard InChI is InChI=1S/C22H20N2O3/c1-2-26-21-14-7-6-13-20(21)22(25)24-23-16-17-9-8-12-19(15-17)27-18-10-4-3-5-11-18/h3-16H,2H2,1H3,(H,24,25)/b23-16+. The SMILES string of the molecule is CCOc1ccccc1C(=O)N/N=C/c1cccc(Oc2ccccc2)c1. The van der Waals surface area contributed by atoms with Crippen LogP contribution in [-0.4, -0.2) is 18.7 Å². The third kappa shape index (κ3) is 5.19. The number of nitrogens with zero attached hydrogens (tertiary/aromatic N) is 1. The quantitative estimate of drug-likeness (QED) is 0.493. The molecule has 0 heterocycles. The number of hydrazone groups is 1. The van der Waals surface area contributed by atoms with Gasteiger partial charge >= 0.3 is 0 Å². The number of benzene rings is 3. The zero-order valence-corrected chi connectivity index (χ0v) is 15.0. The number of hydrogen-bond donors (Lipinski definition) is 1. The molecular formula is C22H20N2O3. The van der Waals surface area contributed by atoms with Crippen LogP contribution in [0.4, 0.5) is 0 Å². The number of carbonyl (C=O) groups is 1. The maximum atomic E-state index is 12.3. The van der Waals surface area contributed by atoms with E-state index in [-0.39, 0.29) is 5.91 Å². The van der Waals surface area contributed by atoms with Crippen LogP contribution < -0.4 is 14.9 Å². The third-order valence-electron chi connectivity index (χ3n) is 3.65. The second-order valence-electron chi connectivity index (χ2n) is 5.62. The van der Waals surface area contributed by atoms with Gasteiger partial charge in [-0.2, -0.15) is 5.10 Å². The predicted molar refractivity (Wildman–Crippen MR) is 106 cm³/mol. The number of rotatable bonds is 7. The van der Waals surface area contributed by atoms with Crippen LogP contribution in [0.5, 0.6) is 17.2 Å². The van der Waals surface area contributed by atoms with E-state index in [2.05, 4.69) is 10.5 Å². The van der Waals surface area contributed by atoms with Crippen molar-refractivity contribution in [2.75, 3.05) is 6.61 Å². The molecular weight excluding hydrogens is 340 g/mol. The van der Waals surface area contributed by atoms with E-state index in [1.54, 1.807) is 24.4 Å². The number of hydrogen-bond acceptors (Lipinski definition) is 4. The first-order chi connectivity index (χ1) is 13.3. The minimum atomic E-state index is -0.327. The van der Waals surface area contributed by atoms with Crippen molar-refractivity contribution < 1.29 is 14.3 Å². The van der Waals surface area contributed by atoms with Gasteiger partial charge in [0.15, 0.2) is 0 Å². The number of ether oxygens (including phenoxy) is 2. The van der Waals surface area contributed by atoms with Crippen molar-refractivity contribution in [3.63, 3.8) is 0 Å². The molecule has 3 aromatic carbocycles. The molecule has 136 valence electrons. The fraction of sp³-hybridized carbons (Fsp3) is 0.0909. The Labute approximate surface area is 158 Å². The molecule has 3 rings (SSSR count). The summed E-state index contributed by atoms with van der Waals surface area (Å²) in [6, 6.07) is 24.0. The van der Waals surface area contributed by atoms with Crippen molar-refractivity contribution in [3.05, 3.63) is 90.0 Å². The Morgan fingerprint density at radius 3 is 2.52 bits per heavy atom. The van der Waals surface area contributed by atoms with E-state index < -0.39 is 0 Å². The largest absolute Gasteiger partial charge is 0.493 e. The van der Waals surface area contributed by atoms with E-state index >= 15 is 0 Å². The number of amides is 1. The van der Waals surface area contributed by atoms with Crippen LogP contribution in [0.25, 0.3) is 0 Å². The summed E-state index contributed by atoms with van der Waals surface area (Å²) in [6.45, 7) is 2.36. The topological polar surface area (TPSA) is 59.9 Å². The van der Waals surface area contributed by atoms with Gasteiger partial charge in [0.25, 0.3) is 5.91 Å². The molecule has 0 saturated carbocycles. The van der Waals surface area contributed by atoms with Gasteiger partial charge in [0.2, 0.25) is 0 Å². The molecule has 0 unspecified atom stereocenters. The highest BCUT2D eigenvalue weighted by molar-refractivity contribution is 5.97. The average Bonchev–Trinajstić information content (AvgIpc) is 2.70. The predicted octanol–water partition coefficient (Wildman–Crippen LogP) is 4.64. The molecule has 27 heavy (non-hydrogen) atoms. The van der Waals surface area contributed by atoms with Gasteiger partial charge in [0, 0.05) is 0 Å². The van der Waals surface area contributed by atoms with E-state index in [9.17, 15) is 4.79 Å². The van der Waals surface area contributed by atoms with Crippen LogP contribution >= 0.6 is 0 Å². The Morgan fingerprint density at radius 1 is 0.963 bits per heavy atom. The number of nitrogens with one attached hydrogen (secondary N) is 1. The van der Waals surface area contributed by atoms with Crippen LogP contribution in [-0.2, 0) is 0 Å². The minimum absolute atomic E-state index is 0.327. The summed E-state index contributed by atoms with van der Waals surface area (Å²) in [6.07, 6.45) is 1.57. The molecule has 0 spiro atoms. The fourth-order valence-corrected chi connectivity index (χ4v) is 2.44. The zero-order valence-electron chi connectivity index (χ0n) is 15.0. The lowest BCUT2D eigenvalue weighted by Crippen LogP contribution is -2.18. The zero-order chi connectivity index (χ0) is 18.9. The molecule has 1 N–H and O–H groups in total. The lowest BCUT2D eigenvalue weighted by atomic mass is 10.2. The van der Waals surface area contributed by atoms with Crippen molar-refractivity contribution in [1.82, 2.24) is 5.43 Å². The molecule has 5 heteroatoms. The number of para-hydroxylation sites is 2. The molecule has 0 radical (unpaired) electrons. The van der Waals surface area contributed by atoms with Gasteiger partial charge in [-0.3, -0.25) is 4.79 Å². The Morgan fingerprint density at radius 2 is 1.70 bits per heavy atom. The highest BCUT2D eigenvalue weighted by Crippen LogP contribution is 2.21. The van der Waals surface area contributed by atoms with Gasteiger partial charge in [0.05, 0.1) is 18.4 Å². The lowest BCUT2D eigenvalue weighted by molar-refractivity contribution is 0.0951. The molecule has 1 amide bonds. The van der Waals surface area contributed by atoms with Crippen molar-refractivity contribution in [2.24, 2.45) is 5.10 Å². The van der Waals surface area contributed by atoms with Gasteiger partial charge in [-0.25, -0.2) is 5.43 Å². The van der Waals surface area contributed by atoms with Gasteiger partial charge < -0.3 is 9.47 Å². The van der Waals surface area contributed by atoms with Crippen LogP contribution in [0.1, 0.15) is 22.8 Å². The molecule has 0 bridgehead atoms. The summed E-state index contributed by atoms with van der Waals surface area (Å²) in [5.41, 5.74) is 3.77. The molecule has 0 atom stereocenters. The first kappa shape index (κ1) is 18.2. The van der Waals surface area contributed by atoms with Gasteiger partial charge in [-0.05, 0) is 48.9 Å². The second-order valence-corrected chi connectivity index (χ2v) is 5.62. The van der Waals surface area contributed by atoms with E-state index in [1.165, 1.54) is 0 Å². The van der Waals surface area contributed by atoms with Crippen LogP contribution in [0, 0.1) is 0 Å². The molecule has 0 aliphatic heterocycles. The van der Waals surface area contributed by atoms with E-state index in [1.807, 2.05) is 67.6 Å². The maximum Gasteiger partial charge on any atom is 0.275 e. The average molecular weight is 360 g/mol. The summed E-state index contributed by atoms with van der Waals surface area (Å²) in [4.78, 5) is 12.3. The Hall–Kier alpha value is -3.60. The second kappa shape index (κ2) is 9.20. The molecule has 3 aromatic rings. The summed E-state index contributed by atoms with van der Waals surface area (Å²) in [5.74, 6) is 1.66. The number of carbonyl (C=O) groups excluding carboxylic acids is 1. The molecule has 0 aromatic heterocycles. The van der Waals surface area contributed by atoms with Gasteiger partial charge in [-0.15, -0.1) is 0 Å². The Kier molecular flexibility index (Phi) is 6.20. The maximum absolute atomic E-state index is 12.3. The minimum Gasteiger partial charge on any atom is -0.493 e. The van der Waals surface area contributed by atoms with E-state index in [0.717, 1.165) is 11.3 Å². The molecule has 0 aliphatic carbocycles. The normalized spacial score (nSPS) is 10.6. The molecule has 0 aliphatic rings. The highest BCUT2D eigenvalue weighted by Gasteiger charge is 2.10. The van der Waals surface area contributed by atoms with E-state index in [0.29, 0.717) is 23.7 Å². The first-order valence-corrected chi connectivity index (χ1v) is 8.64. The lowest BCUT2D eigenvalue weighted by Gasteiger charge is -2.08. The fourth-order valence-electron chi connectivity index (χ4n) is 2.44. The molecule has 5 nitrogen and oxygen atoms in total. The van der Waals surface area contributed by atoms with Gasteiger partial charge in [-0.1, -0.05) is 42.5 Å². The summed E-state index contributed by atoms with van der Waals surface area (Å²) in [7, 11) is 0. The van der Waals surface area contributed by atoms with Crippen molar-refractivity contribution in [2.45, 2.75) is 6.92 Å². The van der Waals surface area contributed by atoms with Gasteiger partial charge in [0.1, 0.15) is 17.2 Å². The van der Waals surface area contributed by atoms with Crippen LogP contribution in [0.3, 0.4) is 0 Å². The van der Waals surface area contributed by atoms with Crippen molar-refractivity contribution in [1.29, 1.82) is 0 Å². The molecule has 0 fully saturated rings.